The summed E-state index contributed by atoms with van der Waals surface area (Å²) in [5.74, 6) is 0.860. The van der Waals surface area contributed by atoms with Crippen molar-refractivity contribution in [2.75, 3.05) is 17.6 Å². The molecular formula is C9H9N3O3S. The van der Waals surface area contributed by atoms with Gasteiger partial charge in [-0.3, -0.25) is 15.1 Å². The quantitative estimate of drug-likeness (QED) is 0.467. The van der Waals surface area contributed by atoms with Crippen molar-refractivity contribution in [1.29, 1.82) is 0 Å². The number of nitrogens with zero attached hydrogens (tertiary/aromatic N) is 2. The first kappa shape index (κ1) is 10.7. The predicted molar refractivity (Wildman–Crippen MR) is 63.1 cm³/mol. The standard InChI is InChI=1S/C9H9N3O3S/c13-8-2-1-6(12(14)15)5-7(8)11-9-10-3-4-16-9/h1-2,5,13H,3-4H2,(H,10,11). The Balaban J connectivity index is 2.24. The minimum absolute atomic E-state index is 0.0270. The van der Waals surface area contributed by atoms with Gasteiger partial charge in [-0.25, -0.2) is 0 Å². The van der Waals surface area contributed by atoms with Crippen molar-refractivity contribution in [3.63, 3.8) is 0 Å². The first-order chi connectivity index (χ1) is 7.66. The number of hydrogen-bond acceptors (Lipinski definition) is 6. The van der Waals surface area contributed by atoms with Gasteiger partial charge in [-0.15, -0.1) is 0 Å². The van der Waals surface area contributed by atoms with Crippen molar-refractivity contribution >= 4 is 28.3 Å². The number of hydrogen-bond donors (Lipinski definition) is 2. The molecule has 0 fully saturated rings. The third-order valence-electron chi connectivity index (χ3n) is 2.02. The number of aromatic hydroxyl groups is 1. The Hall–Kier alpha value is -1.76. The molecule has 0 aliphatic carbocycles. The maximum absolute atomic E-state index is 10.6. The van der Waals surface area contributed by atoms with E-state index in [0.717, 1.165) is 12.3 Å². The fourth-order valence-corrected chi connectivity index (χ4v) is 2.00. The number of nitro groups is 1. The molecule has 1 aliphatic heterocycles. The molecule has 2 rings (SSSR count). The van der Waals surface area contributed by atoms with Gasteiger partial charge in [0.25, 0.3) is 5.69 Å². The summed E-state index contributed by atoms with van der Waals surface area (Å²) in [5, 5.41) is 23.6. The molecular weight excluding hydrogens is 230 g/mol. The molecule has 0 unspecified atom stereocenters. The lowest BCUT2D eigenvalue weighted by molar-refractivity contribution is -0.384. The fraction of sp³-hybridized carbons (Fsp3) is 0.222. The van der Waals surface area contributed by atoms with E-state index in [0.29, 0.717) is 10.9 Å². The number of rotatable bonds is 2. The van der Waals surface area contributed by atoms with Gasteiger partial charge in [0.15, 0.2) is 5.17 Å². The van der Waals surface area contributed by atoms with E-state index in [-0.39, 0.29) is 11.4 Å². The summed E-state index contributed by atoms with van der Waals surface area (Å²) >= 11 is 1.52. The van der Waals surface area contributed by atoms with E-state index in [2.05, 4.69) is 10.3 Å². The summed E-state index contributed by atoms with van der Waals surface area (Å²) in [6, 6.07) is 3.83. The molecule has 1 aromatic carbocycles. The highest BCUT2D eigenvalue weighted by Crippen LogP contribution is 2.29. The Morgan fingerprint density at radius 3 is 3.00 bits per heavy atom. The molecule has 84 valence electrons. The van der Waals surface area contributed by atoms with Crippen LogP contribution in [0.2, 0.25) is 0 Å². The average Bonchev–Trinajstić information content (AvgIpc) is 2.73. The molecule has 1 heterocycles. The lowest BCUT2D eigenvalue weighted by Crippen LogP contribution is -2.05. The molecule has 0 aromatic heterocycles. The zero-order valence-corrected chi connectivity index (χ0v) is 9.03. The number of anilines is 1. The summed E-state index contributed by atoms with van der Waals surface area (Å²) < 4.78 is 0. The zero-order chi connectivity index (χ0) is 11.5. The second kappa shape index (κ2) is 4.40. The molecule has 16 heavy (non-hydrogen) atoms. The van der Waals surface area contributed by atoms with Crippen LogP contribution in [-0.4, -0.2) is 27.5 Å². The Bertz CT molecular complexity index is 461. The van der Waals surface area contributed by atoms with Crippen LogP contribution in [0.15, 0.2) is 23.2 Å². The number of non-ortho nitro benzene ring substituents is 1. The Kier molecular flexibility index (Phi) is 2.95. The fourth-order valence-electron chi connectivity index (χ4n) is 1.26. The zero-order valence-electron chi connectivity index (χ0n) is 8.21. The lowest BCUT2D eigenvalue weighted by Gasteiger charge is -2.06. The van der Waals surface area contributed by atoms with Crippen LogP contribution in [0.25, 0.3) is 0 Å². The van der Waals surface area contributed by atoms with E-state index in [1.807, 2.05) is 0 Å². The van der Waals surface area contributed by atoms with Crippen LogP contribution in [0.3, 0.4) is 0 Å². The molecule has 7 heteroatoms. The lowest BCUT2D eigenvalue weighted by atomic mass is 10.2. The van der Waals surface area contributed by atoms with Crippen LogP contribution in [0.5, 0.6) is 5.75 Å². The normalized spacial score (nSPS) is 14.6. The highest BCUT2D eigenvalue weighted by molar-refractivity contribution is 8.14. The minimum Gasteiger partial charge on any atom is -0.506 e. The second-order valence-electron chi connectivity index (χ2n) is 3.12. The maximum Gasteiger partial charge on any atom is 0.271 e. The smallest absolute Gasteiger partial charge is 0.271 e. The van der Waals surface area contributed by atoms with E-state index in [1.54, 1.807) is 0 Å². The van der Waals surface area contributed by atoms with Gasteiger partial charge >= 0.3 is 0 Å². The van der Waals surface area contributed by atoms with Gasteiger partial charge in [0.05, 0.1) is 17.2 Å². The van der Waals surface area contributed by atoms with E-state index in [9.17, 15) is 15.2 Å². The van der Waals surface area contributed by atoms with Gasteiger partial charge in [-0.1, -0.05) is 11.8 Å². The number of amidine groups is 1. The number of phenols is 1. The van der Waals surface area contributed by atoms with Crippen molar-refractivity contribution in [3.8, 4) is 5.75 Å². The van der Waals surface area contributed by atoms with Crippen LogP contribution in [-0.2, 0) is 0 Å². The van der Waals surface area contributed by atoms with Gasteiger partial charge in [0, 0.05) is 17.9 Å². The topological polar surface area (TPSA) is 87.8 Å². The van der Waals surface area contributed by atoms with Crippen molar-refractivity contribution in [2.45, 2.75) is 0 Å². The molecule has 1 aromatic rings. The van der Waals surface area contributed by atoms with E-state index in [1.165, 1.54) is 30.0 Å². The molecule has 0 spiro atoms. The number of nitrogens with one attached hydrogen (secondary N) is 1. The first-order valence-corrected chi connectivity index (χ1v) is 5.57. The van der Waals surface area contributed by atoms with Gasteiger partial charge < -0.3 is 10.4 Å². The SMILES string of the molecule is O=[N+]([O-])c1ccc(O)c(NC2=NCCS2)c1. The Morgan fingerprint density at radius 2 is 2.38 bits per heavy atom. The Morgan fingerprint density at radius 1 is 1.56 bits per heavy atom. The average molecular weight is 239 g/mol. The van der Waals surface area contributed by atoms with E-state index in [4.69, 9.17) is 0 Å². The summed E-state index contributed by atoms with van der Waals surface area (Å²) in [7, 11) is 0. The molecule has 0 amide bonds. The van der Waals surface area contributed by atoms with Crippen molar-refractivity contribution in [1.82, 2.24) is 0 Å². The highest BCUT2D eigenvalue weighted by Gasteiger charge is 2.13. The van der Waals surface area contributed by atoms with Gasteiger partial charge in [-0.2, -0.15) is 0 Å². The monoisotopic (exact) mass is 239 g/mol. The van der Waals surface area contributed by atoms with Gasteiger partial charge in [0.2, 0.25) is 0 Å². The van der Waals surface area contributed by atoms with Crippen LogP contribution in [0.1, 0.15) is 0 Å². The molecule has 6 nitrogen and oxygen atoms in total. The van der Waals surface area contributed by atoms with Crippen LogP contribution in [0, 0.1) is 10.1 Å². The van der Waals surface area contributed by atoms with E-state index >= 15 is 0 Å². The summed E-state index contributed by atoms with van der Waals surface area (Å²) in [6.45, 7) is 0.725. The third-order valence-corrected chi connectivity index (χ3v) is 2.91. The third kappa shape index (κ3) is 2.25. The molecule has 0 bridgehead atoms. The number of benzene rings is 1. The molecule has 0 saturated carbocycles. The molecule has 0 saturated heterocycles. The first-order valence-electron chi connectivity index (χ1n) is 4.58. The Labute approximate surface area is 95.5 Å². The summed E-state index contributed by atoms with van der Waals surface area (Å²) in [5.41, 5.74) is 0.242. The number of nitro benzene ring substituents is 1. The van der Waals surface area contributed by atoms with Crippen molar-refractivity contribution in [3.05, 3.63) is 28.3 Å². The van der Waals surface area contributed by atoms with Gasteiger partial charge in [-0.05, 0) is 6.07 Å². The van der Waals surface area contributed by atoms with Crippen molar-refractivity contribution in [2.24, 2.45) is 4.99 Å². The van der Waals surface area contributed by atoms with Gasteiger partial charge in [0.1, 0.15) is 5.75 Å². The number of aliphatic imine (C=N–C) groups is 1. The number of phenolic OH excluding ortho intramolecular Hbond substituents is 1. The highest BCUT2D eigenvalue weighted by atomic mass is 32.2. The van der Waals surface area contributed by atoms with Crippen LogP contribution < -0.4 is 5.32 Å². The molecule has 1 aliphatic rings. The van der Waals surface area contributed by atoms with Crippen LogP contribution in [0.4, 0.5) is 11.4 Å². The van der Waals surface area contributed by atoms with E-state index < -0.39 is 4.92 Å². The largest absolute Gasteiger partial charge is 0.506 e. The minimum atomic E-state index is -0.506. The summed E-state index contributed by atoms with van der Waals surface area (Å²) in [6.07, 6.45) is 0. The molecule has 0 radical (unpaired) electrons. The maximum atomic E-state index is 10.6. The molecule has 0 atom stereocenters. The van der Waals surface area contributed by atoms with Crippen LogP contribution >= 0.6 is 11.8 Å². The van der Waals surface area contributed by atoms with Crippen molar-refractivity contribution < 1.29 is 10.0 Å². The molecule has 2 N–H and O–H groups in total. The predicted octanol–water partition coefficient (Wildman–Crippen LogP) is 1.82. The second-order valence-corrected chi connectivity index (χ2v) is 4.20. The summed E-state index contributed by atoms with van der Waals surface area (Å²) in [4.78, 5) is 14.2. The number of thioether (sulfide) groups is 1.